The van der Waals surface area contributed by atoms with Crippen LogP contribution in [0.5, 0.6) is 0 Å². The largest absolute Gasteiger partial charge is 0.353 e. The fourth-order valence-electron chi connectivity index (χ4n) is 2.67. The minimum atomic E-state index is 0.0185. The van der Waals surface area contributed by atoms with Crippen molar-refractivity contribution in [2.24, 2.45) is 0 Å². The van der Waals surface area contributed by atoms with Crippen LogP contribution in [-0.2, 0) is 9.59 Å². The summed E-state index contributed by atoms with van der Waals surface area (Å²) in [7, 11) is 0. The summed E-state index contributed by atoms with van der Waals surface area (Å²) in [6.45, 7) is 5.47. The first-order valence-corrected chi connectivity index (χ1v) is 7.70. The summed E-state index contributed by atoms with van der Waals surface area (Å²) >= 11 is 0. The second-order valence-corrected chi connectivity index (χ2v) is 5.79. The van der Waals surface area contributed by atoms with Crippen LogP contribution in [0.1, 0.15) is 44.6 Å². The molecular weight excluding hydrogens is 264 g/mol. The highest BCUT2D eigenvalue weighted by Crippen LogP contribution is 2.18. The predicted octanol–water partition coefficient (Wildman–Crippen LogP) is 2.31. The fourth-order valence-corrected chi connectivity index (χ4v) is 2.67. The van der Waals surface area contributed by atoms with Gasteiger partial charge >= 0.3 is 0 Å². The number of benzene rings is 1. The maximum atomic E-state index is 12.0. The van der Waals surface area contributed by atoms with E-state index in [2.05, 4.69) is 24.4 Å². The van der Waals surface area contributed by atoms with Gasteiger partial charge in [0.25, 0.3) is 0 Å². The molecule has 1 aromatic rings. The van der Waals surface area contributed by atoms with E-state index in [9.17, 15) is 9.59 Å². The van der Waals surface area contributed by atoms with Gasteiger partial charge in [0.15, 0.2) is 0 Å². The number of likely N-dealkylation sites (tertiary alicyclic amines) is 1. The molecule has 1 aliphatic rings. The van der Waals surface area contributed by atoms with E-state index in [1.807, 2.05) is 25.1 Å². The zero-order valence-corrected chi connectivity index (χ0v) is 12.8. The van der Waals surface area contributed by atoms with E-state index in [0.29, 0.717) is 19.4 Å². The normalized spacial score (nSPS) is 17.6. The minimum absolute atomic E-state index is 0.0185. The predicted molar refractivity (Wildman–Crippen MR) is 82.9 cm³/mol. The molecule has 21 heavy (non-hydrogen) atoms. The molecule has 1 aromatic carbocycles. The third kappa shape index (κ3) is 4.31. The number of hydrogen-bond donors (Lipinski definition) is 1. The van der Waals surface area contributed by atoms with Gasteiger partial charge in [0.2, 0.25) is 11.8 Å². The molecule has 114 valence electrons. The summed E-state index contributed by atoms with van der Waals surface area (Å²) in [6.07, 6.45) is 1.93. The molecule has 2 atom stereocenters. The Bertz CT molecular complexity index is 487. The molecule has 1 aliphatic heterocycles. The molecule has 0 aromatic heterocycles. The zero-order chi connectivity index (χ0) is 15.2. The van der Waals surface area contributed by atoms with Gasteiger partial charge in [-0.05, 0) is 18.9 Å². The number of hydrogen-bond acceptors (Lipinski definition) is 2. The highest BCUT2D eigenvalue weighted by atomic mass is 16.2. The van der Waals surface area contributed by atoms with Gasteiger partial charge in [-0.3, -0.25) is 9.59 Å². The monoisotopic (exact) mass is 288 g/mol. The Kier molecular flexibility index (Phi) is 5.37. The fraction of sp³-hybridized carbons (Fsp3) is 0.529. The first-order chi connectivity index (χ1) is 10.1. The van der Waals surface area contributed by atoms with Gasteiger partial charge in [0.1, 0.15) is 0 Å². The highest BCUT2D eigenvalue weighted by Gasteiger charge is 2.21. The van der Waals surface area contributed by atoms with Crippen LogP contribution in [0.15, 0.2) is 30.3 Å². The molecule has 0 unspecified atom stereocenters. The van der Waals surface area contributed by atoms with E-state index in [1.165, 1.54) is 5.56 Å². The second kappa shape index (κ2) is 7.25. The standard InChI is InChI=1S/C17H24N2O2/c1-13(15-7-4-3-5-8-15)14(2)18-16(20)10-12-19-11-6-9-17(19)21/h3-5,7-8,13-14H,6,9-12H2,1-2H3,(H,18,20)/t13-,14-/m0/s1. The average Bonchev–Trinajstić information content (AvgIpc) is 2.90. The first kappa shape index (κ1) is 15.5. The number of nitrogens with one attached hydrogen (secondary N) is 1. The smallest absolute Gasteiger partial charge is 0.222 e. The lowest BCUT2D eigenvalue weighted by molar-refractivity contribution is -0.128. The Morgan fingerprint density at radius 2 is 2.00 bits per heavy atom. The van der Waals surface area contributed by atoms with Crippen LogP contribution in [0, 0.1) is 0 Å². The van der Waals surface area contributed by atoms with E-state index in [-0.39, 0.29) is 23.8 Å². The molecule has 2 amide bonds. The van der Waals surface area contributed by atoms with Crippen molar-refractivity contribution in [1.82, 2.24) is 10.2 Å². The molecule has 0 spiro atoms. The number of carbonyl (C=O) groups is 2. The van der Waals surface area contributed by atoms with Crippen molar-refractivity contribution < 1.29 is 9.59 Å². The van der Waals surface area contributed by atoms with E-state index in [1.54, 1.807) is 4.90 Å². The Hall–Kier alpha value is -1.84. The van der Waals surface area contributed by atoms with E-state index in [4.69, 9.17) is 0 Å². The average molecular weight is 288 g/mol. The Balaban J connectivity index is 1.78. The van der Waals surface area contributed by atoms with Gasteiger partial charge in [-0.1, -0.05) is 37.3 Å². The van der Waals surface area contributed by atoms with Crippen molar-refractivity contribution in [1.29, 1.82) is 0 Å². The van der Waals surface area contributed by atoms with E-state index >= 15 is 0 Å². The molecule has 4 heteroatoms. The maximum Gasteiger partial charge on any atom is 0.222 e. The highest BCUT2D eigenvalue weighted by molar-refractivity contribution is 5.80. The summed E-state index contributed by atoms with van der Waals surface area (Å²) in [5, 5.41) is 3.04. The van der Waals surface area contributed by atoms with Crippen molar-refractivity contribution in [2.75, 3.05) is 13.1 Å². The van der Waals surface area contributed by atoms with E-state index < -0.39 is 0 Å². The molecule has 4 nitrogen and oxygen atoms in total. The van der Waals surface area contributed by atoms with Crippen LogP contribution >= 0.6 is 0 Å². The number of nitrogens with zero attached hydrogens (tertiary/aromatic N) is 1. The van der Waals surface area contributed by atoms with Crippen LogP contribution in [0.3, 0.4) is 0 Å². The van der Waals surface area contributed by atoms with Crippen LogP contribution in [0.4, 0.5) is 0 Å². The third-order valence-electron chi connectivity index (χ3n) is 4.24. The summed E-state index contributed by atoms with van der Waals surface area (Å²) < 4.78 is 0. The van der Waals surface area contributed by atoms with Crippen LogP contribution < -0.4 is 5.32 Å². The molecule has 0 bridgehead atoms. The zero-order valence-electron chi connectivity index (χ0n) is 12.8. The molecule has 0 aliphatic carbocycles. The number of carbonyl (C=O) groups excluding carboxylic acids is 2. The molecular formula is C17H24N2O2. The van der Waals surface area contributed by atoms with Crippen LogP contribution in [0.2, 0.25) is 0 Å². The molecule has 1 saturated heterocycles. The van der Waals surface area contributed by atoms with Crippen molar-refractivity contribution in [3.8, 4) is 0 Å². The Labute approximate surface area is 126 Å². The molecule has 1 heterocycles. The summed E-state index contributed by atoms with van der Waals surface area (Å²) in [4.78, 5) is 25.3. The number of rotatable bonds is 6. The van der Waals surface area contributed by atoms with Crippen molar-refractivity contribution in [2.45, 2.75) is 45.1 Å². The van der Waals surface area contributed by atoms with Gasteiger partial charge in [-0.2, -0.15) is 0 Å². The van der Waals surface area contributed by atoms with Crippen molar-refractivity contribution in [3.63, 3.8) is 0 Å². The first-order valence-electron chi connectivity index (χ1n) is 7.70. The van der Waals surface area contributed by atoms with E-state index in [0.717, 1.165) is 13.0 Å². The molecule has 0 radical (unpaired) electrons. The molecule has 0 saturated carbocycles. The van der Waals surface area contributed by atoms with Gasteiger partial charge in [0, 0.05) is 37.9 Å². The lowest BCUT2D eigenvalue weighted by Crippen LogP contribution is -2.38. The quantitative estimate of drug-likeness (QED) is 0.873. The third-order valence-corrected chi connectivity index (χ3v) is 4.24. The molecule has 2 rings (SSSR count). The van der Waals surface area contributed by atoms with Crippen molar-refractivity contribution >= 4 is 11.8 Å². The van der Waals surface area contributed by atoms with Gasteiger partial charge < -0.3 is 10.2 Å². The van der Waals surface area contributed by atoms with Crippen molar-refractivity contribution in [3.05, 3.63) is 35.9 Å². The maximum absolute atomic E-state index is 12.0. The van der Waals surface area contributed by atoms with Gasteiger partial charge in [-0.25, -0.2) is 0 Å². The Morgan fingerprint density at radius 3 is 2.62 bits per heavy atom. The topological polar surface area (TPSA) is 49.4 Å². The van der Waals surface area contributed by atoms with Crippen LogP contribution in [0.25, 0.3) is 0 Å². The summed E-state index contributed by atoms with van der Waals surface area (Å²) in [6, 6.07) is 10.3. The summed E-state index contributed by atoms with van der Waals surface area (Å²) in [5.74, 6) is 0.460. The van der Waals surface area contributed by atoms with Crippen LogP contribution in [-0.4, -0.2) is 35.8 Å². The minimum Gasteiger partial charge on any atom is -0.353 e. The summed E-state index contributed by atoms with van der Waals surface area (Å²) in [5.41, 5.74) is 1.22. The lowest BCUT2D eigenvalue weighted by Gasteiger charge is -2.22. The number of amides is 2. The van der Waals surface area contributed by atoms with Gasteiger partial charge in [-0.15, -0.1) is 0 Å². The van der Waals surface area contributed by atoms with Gasteiger partial charge in [0.05, 0.1) is 0 Å². The second-order valence-electron chi connectivity index (χ2n) is 5.79. The Morgan fingerprint density at radius 1 is 1.29 bits per heavy atom. The molecule has 1 N–H and O–H groups in total. The molecule has 1 fully saturated rings. The lowest BCUT2D eigenvalue weighted by atomic mass is 9.94. The SMILES string of the molecule is C[C@H](NC(=O)CCN1CCCC1=O)[C@H](C)c1ccccc1.